The molecule has 1 heterocycles. The first-order valence-corrected chi connectivity index (χ1v) is 4.80. The number of nitrogens with zero attached hydrogens (tertiary/aromatic N) is 1. The number of amides is 1. The second-order valence-electron chi connectivity index (χ2n) is 3.15. The second kappa shape index (κ2) is 6.56. The van der Waals surface area contributed by atoms with Gasteiger partial charge in [-0.1, -0.05) is 6.08 Å². The number of hydrogen-bond donors (Lipinski definition) is 1. The Morgan fingerprint density at radius 3 is 2.86 bits per heavy atom. The number of nitrogens with one attached hydrogen (secondary N) is 1. The number of carbonyl (C=O) groups is 1. The molecule has 0 unspecified atom stereocenters. The van der Waals surface area contributed by atoms with E-state index in [0.717, 1.165) is 39.3 Å². The minimum atomic E-state index is -0.257. The lowest BCUT2D eigenvalue weighted by molar-refractivity contribution is -0.115. The fraction of sp³-hybridized carbons (Fsp3) is 0.600. The molecule has 0 aromatic carbocycles. The zero-order valence-electron chi connectivity index (χ0n) is 8.24. The van der Waals surface area contributed by atoms with Crippen LogP contribution in [-0.2, 0) is 9.53 Å². The first-order chi connectivity index (χ1) is 6.83. The molecule has 0 saturated carbocycles. The smallest absolute Gasteiger partial charge is 0.244 e. The van der Waals surface area contributed by atoms with Crippen LogP contribution in [0, 0.1) is 7.05 Å². The van der Waals surface area contributed by atoms with E-state index in [-0.39, 0.29) is 5.91 Å². The average Bonchev–Trinajstić information content (AvgIpc) is 2.25. The van der Waals surface area contributed by atoms with Crippen molar-refractivity contribution < 1.29 is 9.53 Å². The molecule has 4 nitrogen and oxygen atoms in total. The zero-order valence-corrected chi connectivity index (χ0v) is 8.24. The number of carbonyl (C=O) groups excluding carboxylic acids is 1. The number of hydrogen-bond acceptors (Lipinski definition) is 3. The van der Waals surface area contributed by atoms with E-state index >= 15 is 0 Å². The Morgan fingerprint density at radius 1 is 1.50 bits per heavy atom. The molecule has 1 amide bonds. The summed E-state index contributed by atoms with van der Waals surface area (Å²) in [5, 5.41) is 2.04. The van der Waals surface area contributed by atoms with Gasteiger partial charge in [0, 0.05) is 19.6 Å². The van der Waals surface area contributed by atoms with Crippen LogP contribution in [0.5, 0.6) is 0 Å². The Morgan fingerprint density at radius 2 is 2.21 bits per heavy atom. The maximum Gasteiger partial charge on any atom is 0.244 e. The van der Waals surface area contributed by atoms with E-state index in [0.29, 0.717) is 0 Å². The van der Waals surface area contributed by atoms with Crippen molar-refractivity contribution in [1.82, 2.24) is 10.2 Å². The second-order valence-corrected chi connectivity index (χ2v) is 3.15. The van der Waals surface area contributed by atoms with Gasteiger partial charge in [-0.2, -0.15) is 0 Å². The van der Waals surface area contributed by atoms with Crippen molar-refractivity contribution in [1.29, 1.82) is 0 Å². The minimum absolute atomic E-state index is 0.257. The van der Waals surface area contributed by atoms with Gasteiger partial charge in [-0.15, -0.1) is 0 Å². The first-order valence-electron chi connectivity index (χ1n) is 4.80. The van der Waals surface area contributed by atoms with Crippen molar-refractivity contribution in [2.45, 2.75) is 6.42 Å². The van der Waals surface area contributed by atoms with Crippen LogP contribution in [0.1, 0.15) is 6.42 Å². The summed E-state index contributed by atoms with van der Waals surface area (Å²) < 4.78 is 5.22. The topological polar surface area (TPSA) is 41.6 Å². The lowest BCUT2D eigenvalue weighted by Crippen LogP contribution is -2.36. The summed E-state index contributed by atoms with van der Waals surface area (Å²) in [6.07, 6.45) is 4.16. The van der Waals surface area contributed by atoms with Gasteiger partial charge in [0.25, 0.3) is 0 Å². The average molecular weight is 196 g/mol. The van der Waals surface area contributed by atoms with Crippen molar-refractivity contribution in [3.63, 3.8) is 0 Å². The van der Waals surface area contributed by atoms with E-state index in [4.69, 9.17) is 11.8 Å². The van der Waals surface area contributed by atoms with Gasteiger partial charge in [-0.05, 0) is 12.5 Å². The lowest BCUT2D eigenvalue weighted by Gasteiger charge is -2.25. The molecule has 1 aliphatic rings. The van der Waals surface area contributed by atoms with E-state index in [1.807, 2.05) is 11.4 Å². The maximum absolute atomic E-state index is 10.7. The summed E-state index contributed by atoms with van der Waals surface area (Å²) in [6, 6.07) is 0. The Hall–Kier alpha value is -0.870. The highest BCUT2D eigenvalue weighted by Crippen LogP contribution is 1.98. The van der Waals surface area contributed by atoms with E-state index in [9.17, 15) is 4.79 Å². The van der Waals surface area contributed by atoms with Crippen LogP contribution in [0.4, 0.5) is 0 Å². The minimum Gasteiger partial charge on any atom is -0.379 e. The van der Waals surface area contributed by atoms with Gasteiger partial charge in [-0.25, -0.2) is 0 Å². The van der Waals surface area contributed by atoms with Crippen LogP contribution < -0.4 is 5.32 Å². The number of rotatable bonds is 4. The van der Waals surface area contributed by atoms with Crippen LogP contribution in [0.15, 0.2) is 12.2 Å². The summed E-state index contributed by atoms with van der Waals surface area (Å²) in [4.78, 5) is 13.0. The molecule has 14 heavy (non-hydrogen) atoms. The van der Waals surface area contributed by atoms with Crippen molar-refractivity contribution >= 4 is 5.91 Å². The van der Waals surface area contributed by atoms with Gasteiger partial charge in [0.05, 0.1) is 20.3 Å². The molecule has 1 fully saturated rings. The van der Waals surface area contributed by atoms with Gasteiger partial charge in [0.15, 0.2) is 0 Å². The van der Waals surface area contributed by atoms with E-state index in [1.165, 1.54) is 6.08 Å². The molecule has 0 spiro atoms. The molecule has 1 saturated heterocycles. The molecule has 1 aliphatic heterocycles. The predicted molar refractivity (Wildman–Crippen MR) is 53.5 cm³/mol. The molecule has 1 rings (SSSR count). The normalized spacial score (nSPS) is 18.6. The summed E-state index contributed by atoms with van der Waals surface area (Å²) in [7, 11) is 4.92. The molecule has 0 aromatic rings. The summed E-state index contributed by atoms with van der Waals surface area (Å²) in [6.45, 7) is 4.56. The van der Waals surface area contributed by atoms with Gasteiger partial charge >= 0.3 is 0 Å². The largest absolute Gasteiger partial charge is 0.379 e. The highest BCUT2D eigenvalue weighted by molar-refractivity contribution is 5.87. The van der Waals surface area contributed by atoms with Crippen LogP contribution in [0.2, 0.25) is 0 Å². The molecular weight excluding hydrogens is 180 g/mol. The van der Waals surface area contributed by atoms with Crippen LogP contribution in [-0.4, -0.2) is 43.7 Å². The third-order valence-corrected chi connectivity index (χ3v) is 2.13. The van der Waals surface area contributed by atoms with Crippen molar-refractivity contribution in [3.05, 3.63) is 19.2 Å². The molecule has 0 bridgehead atoms. The Bertz CT molecular complexity index is 198. The SMILES string of the molecule is [CH]NC(=O)/C=C/CCN1CCOCC1. The standard InChI is InChI=1S/C10H16N2O2/c1-11-10(13)4-2-3-5-12-6-8-14-9-7-12/h1-2,4H,3,5-9H2,(H,11,13)/b4-2+. The third-order valence-electron chi connectivity index (χ3n) is 2.13. The molecular formula is C10H16N2O2. The molecule has 1 N–H and O–H groups in total. The highest BCUT2D eigenvalue weighted by atomic mass is 16.5. The van der Waals surface area contributed by atoms with E-state index < -0.39 is 0 Å². The summed E-state index contributed by atoms with van der Waals surface area (Å²) >= 11 is 0. The molecule has 78 valence electrons. The van der Waals surface area contributed by atoms with Crippen LogP contribution in [0.25, 0.3) is 0 Å². The molecule has 0 aromatic heterocycles. The van der Waals surface area contributed by atoms with Gasteiger partial charge < -0.3 is 10.1 Å². The quantitative estimate of drug-likeness (QED) is 0.510. The third kappa shape index (κ3) is 4.39. The zero-order chi connectivity index (χ0) is 10.2. The van der Waals surface area contributed by atoms with Gasteiger partial charge in [0.2, 0.25) is 5.91 Å². The van der Waals surface area contributed by atoms with E-state index in [2.05, 4.69) is 4.90 Å². The fourth-order valence-electron chi connectivity index (χ4n) is 1.32. The van der Waals surface area contributed by atoms with Crippen LogP contribution >= 0.6 is 0 Å². The first kappa shape index (κ1) is 11.2. The molecule has 0 atom stereocenters. The van der Waals surface area contributed by atoms with Gasteiger partial charge in [-0.3, -0.25) is 9.69 Å². The van der Waals surface area contributed by atoms with E-state index in [1.54, 1.807) is 0 Å². The Kier molecular flexibility index (Phi) is 5.25. The highest BCUT2D eigenvalue weighted by Gasteiger charge is 2.08. The summed E-state index contributed by atoms with van der Waals surface area (Å²) in [5.74, 6) is -0.257. The monoisotopic (exact) mass is 196 g/mol. The van der Waals surface area contributed by atoms with Crippen molar-refractivity contribution in [2.75, 3.05) is 32.8 Å². The predicted octanol–water partition coefficient (Wildman–Crippen LogP) is 0.0497. The fourth-order valence-corrected chi connectivity index (χ4v) is 1.32. The Balaban J connectivity index is 2.07. The number of ether oxygens (including phenoxy) is 1. The Labute approximate surface area is 84.9 Å². The van der Waals surface area contributed by atoms with Crippen LogP contribution in [0.3, 0.4) is 0 Å². The maximum atomic E-state index is 10.7. The molecule has 0 aliphatic carbocycles. The number of morpholine rings is 1. The van der Waals surface area contributed by atoms with Gasteiger partial charge in [0.1, 0.15) is 0 Å². The summed E-state index contributed by atoms with van der Waals surface area (Å²) in [5.41, 5.74) is 0. The van der Waals surface area contributed by atoms with Crippen molar-refractivity contribution in [3.8, 4) is 0 Å². The van der Waals surface area contributed by atoms with Crippen molar-refractivity contribution in [2.24, 2.45) is 0 Å². The molecule has 4 heteroatoms. The lowest BCUT2D eigenvalue weighted by atomic mass is 10.3. The molecule has 2 radical (unpaired) electrons.